The summed E-state index contributed by atoms with van der Waals surface area (Å²) in [4.78, 5) is 36.7. The minimum atomic E-state index is -0.542. The van der Waals surface area contributed by atoms with Crippen molar-refractivity contribution in [3.05, 3.63) is 29.5 Å². The summed E-state index contributed by atoms with van der Waals surface area (Å²) < 4.78 is 0. The van der Waals surface area contributed by atoms with Gasteiger partial charge in [0.2, 0.25) is 5.91 Å². The number of fused-ring (bicyclic) bond motifs is 2. The number of amides is 3. The predicted molar refractivity (Wildman–Crippen MR) is 105 cm³/mol. The largest absolute Gasteiger partial charge is 0.408 e. The molecule has 5 rings (SSSR count). The van der Waals surface area contributed by atoms with Crippen molar-refractivity contribution in [2.45, 2.75) is 44.2 Å². The van der Waals surface area contributed by atoms with Crippen molar-refractivity contribution in [2.24, 2.45) is 5.73 Å². The Labute approximate surface area is 166 Å². The van der Waals surface area contributed by atoms with Crippen molar-refractivity contribution < 1.29 is 14.4 Å². The second-order valence-electron chi connectivity index (χ2n) is 7.61. The summed E-state index contributed by atoms with van der Waals surface area (Å²) in [5, 5.41) is 3.35. The molecule has 1 saturated carbocycles. The normalized spacial score (nSPS) is 21.5. The van der Waals surface area contributed by atoms with Crippen molar-refractivity contribution in [3.8, 4) is 16.2 Å². The number of primary amides is 1. The van der Waals surface area contributed by atoms with Gasteiger partial charge in [0, 0.05) is 12.1 Å². The Morgan fingerprint density at radius 1 is 1.43 bits per heavy atom. The maximum absolute atomic E-state index is 12.6. The van der Waals surface area contributed by atoms with Crippen molar-refractivity contribution in [2.75, 3.05) is 11.9 Å². The molecule has 0 unspecified atom stereocenters. The number of nitrogens with zero attached hydrogens (tertiary/aromatic N) is 2. The number of urea groups is 1. The molecule has 28 heavy (non-hydrogen) atoms. The van der Waals surface area contributed by atoms with Gasteiger partial charge in [0.1, 0.15) is 6.04 Å². The lowest BCUT2D eigenvalue weighted by Crippen LogP contribution is -2.45. The number of nitrogens with one attached hydrogen (secondary N) is 2. The van der Waals surface area contributed by atoms with Crippen LogP contribution in [0.3, 0.4) is 0 Å². The first-order valence-corrected chi connectivity index (χ1v) is 10.2. The van der Waals surface area contributed by atoms with E-state index in [2.05, 4.69) is 21.8 Å². The molecule has 2 fully saturated rings. The van der Waals surface area contributed by atoms with Gasteiger partial charge in [-0.25, -0.2) is 9.78 Å². The first kappa shape index (κ1) is 17.4. The summed E-state index contributed by atoms with van der Waals surface area (Å²) >= 11 is 1.43. The number of nitrogens with two attached hydrogens (primary N) is 1. The molecule has 1 aromatic heterocycles. The number of aryl methyl sites for hydroxylation is 1. The zero-order valence-corrected chi connectivity index (χ0v) is 16.3. The minimum absolute atomic E-state index is 0.0273. The van der Waals surface area contributed by atoms with Gasteiger partial charge in [-0.1, -0.05) is 11.3 Å². The van der Waals surface area contributed by atoms with Gasteiger partial charge < -0.3 is 15.5 Å². The van der Waals surface area contributed by atoms with Crippen molar-refractivity contribution in [1.29, 1.82) is 0 Å². The van der Waals surface area contributed by atoms with Crippen LogP contribution in [-0.2, 0) is 10.3 Å². The van der Waals surface area contributed by atoms with Crippen LogP contribution >= 0.6 is 11.3 Å². The number of aromatic nitrogens is 1. The Balaban J connectivity index is 1.38. The fourth-order valence-electron chi connectivity index (χ4n) is 4.02. The number of hydrogen-bond donors (Lipinski definition) is 3. The zero-order chi connectivity index (χ0) is 19.5. The third kappa shape index (κ3) is 2.73. The lowest BCUT2D eigenvalue weighted by atomic mass is 10.0. The van der Waals surface area contributed by atoms with Crippen LogP contribution in [0.15, 0.2) is 18.2 Å². The topological polar surface area (TPSA) is 110 Å². The quantitative estimate of drug-likeness (QED) is 0.735. The van der Waals surface area contributed by atoms with E-state index in [4.69, 9.17) is 10.6 Å². The second-order valence-corrected chi connectivity index (χ2v) is 8.61. The van der Waals surface area contributed by atoms with Crippen LogP contribution in [0.1, 0.15) is 36.9 Å². The van der Waals surface area contributed by atoms with Crippen LogP contribution in [0, 0.1) is 6.92 Å². The molecule has 3 aliphatic rings. The maximum Gasteiger partial charge on any atom is 0.324 e. The van der Waals surface area contributed by atoms with Crippen molar-refractivity contribution in [3.63, 3.8) is 0 Å². The summed E-state index contributed by atoms with van der Waals surface area (Å²) in [6.45, 7) is 2.45. The first-order chi connectivity index (χ1) is 13.5. The molecule has 1 spiro atoms. The molecule has 146 valence electrons. The fraction of sp³-hybridized carbons (Fsp3) is 0.421. The molecular formula is C19H21N5O3S. The Hall–Kier alpha value is -2.65. The lowest BCUT2D eigenvalue weighted by molar-refractivity contribution is -0.121. The zero-order valence-electron chi connectivity index (χ0n) is 15.4. The Morgan fingerprint density at radius 3 is 3.00 bits per heavy atom. The number of likely N-dealkylation sites (tertiary alicyclic amines) is 1. The summed E-state index contributed by atoms with van der Waals surface area (Å²) in [6, 6.07) is 5.27. The molecule has 0 radical (unpaired) electrons. The molecular weight excluding hydrogens is 378 g/mol. The van der Waals surface area contributed by atoms with Gasteiger partial charge in [0.05, 0.1) is 16.1 Å². The second kappa shape index (κ2) is 6.18. The number of carbonyl (C=O) groups is 2. The molecule has 8 nitrogen and oxygen atoms in total. The highest BCUT2D eigenvalue weighted by Crippen LogP contribution is 2.53. The Kier molecular flexibility index (Phi) is 3.85. The summed E-state index contributed by atoms with van der Waals surface area (Å²) in [6.07, 6.45) is 3.53. The molecule has 2 aliphatic heterocycles. The highest BCUT2D eigenvalue weighted by atomic mass is 32.1. The third-order valence-corrected chi connectivity index (χ3v) is 6.84. The number of hydroxylamine groups is 1. The van der Waals surface area contributed by atoms with Crippen LogP contribution in [0.4, 0.5) is 9.93 Å². The highest BCUT2D eigenvalue weighted by Gasteiger charge is 2.51. The molecule has 1 aromatic carbocycles. The number of thiazole rings is 1. The van der Waals surface area contributed by atoms with Gasteiger partial charge in [-0.2, -0.15) is 0 Å². The number of hydrogen-bond acceptors (Lipinski definition) is 6. The van der Waals surface area contributed by atoms with E-state index in [9.17, 15) is 9.59 Å². The molecule has 4 N–H and O–H groups in total. The molecule has 1 aliphatic carbocycles. The van der Waals surface area contributed by atoms with E-state index in [-0.39, 0.29) is 11.6 Å². The first-order valence-electron chi connectivity index (χ1n) is 9.40. The van der Waals surface area contributed by atoms with E-state index in [1.807, 2.05) is 19.1 Å². The average Bonchev–Trinajstić information content (AvgIpc) is 3.00. The van der Waals surface area contributed by atoms with Gasteiger partial charge in [-0.3, -0.25) is 10.1 Å². The molecule has 9 heteroatoms. The third-order valence-electron chi connectivity index (χ3n) is 5.72. The van der Waals surface area contributed by atoms with Crippen LogP contribution in [0.25, 0.3) is 10.4 Å². The van der Waals surface area contributed by atoms with E-state index in [0.29, 0.717) is 18.1 Å². The Morgan fingerprint density at radius 2 is 2.25 bits per heavy atom. The van der Waals surface area contributed by atoms with Crippen LogP contribution in [0.2, 0.25) is 0 Å². The molecule has 3 heterocycles. The molecule has 1 saturated heterocycles. The van der Waals surface area contributed by atoms with E-state index in [1.165, 1.54) is 21.8 Å². The van der Waals surface area contributed by atoms with Gasteiger partial charge in [0.25, 0.3) is 0 Å². The van der Waals surface area contributed by atoms with Gasteiger partial charge in [0.15, 0.2) is 10.9 Å². The fourth-order valence-corrected chi connectivity index (χ4v) is 4.98. The van der Waals surface area contributed by atoms with Gasteiger partial charge >= 0.3 is 6.03 Å². The number of rotatable bonds is 3. The molecule has 1 atom stereocenters. The standard InChI is InChI=1S/C19H21N5O3S/c1-10-15(11-4-5-14-12(9-11)19(6-7-19)23-27-14)28-17(21-10)22-18(26)24-8-2-3-13(24)16(20)25/h4-5,9,13,23H,2-3,6-8H2,1H3,(H2,20,25)(H,21,22,26)/t13-/m0/s1. The Bertz CT molecular complexity index is 984. The van der Waals surface area contributed by atoms with Gasteiger partial charge in [-0.15, -0.1) is 5.48 Å². The maximum atomic E-state index is 12.6. The minimum Gasteiger partial charge on any atom is -0.408 e. The van der Waals surface area contributed by atoms with E-state index < -0.39 is 11.9 Å². The summed E-state index contributed by atoms with van der Waals surface area (Å²) in [5.74, 6) is 0.412. The number of benzene rings is 1. The predicted octanol–water partition coefficient (Wildman–Crippen LogP) is 2.49. The van der Waals surface area contributed by atoms with Crippen LogP contribution < -0.4 is 21.4 Å². The molecule has 3 amide bonds. The molecule has 2 aromatic rings. The van der Waals surface area contributed by atoms with Crippen LogP contribution in [-0.4, -0.2) is 34.4 Å². The highest BCUT2D eigenvalue weighted by molar-refractivity contribution is 7.19. The smallest absolute Gasteiger partial charge is 0.324 e. The van der Waals surface area contributed by atoms with Crippen molar-refractivity contribution >= 4 is 28.4 Å². The number of carbonyl (C=O) groups excluding carboxylic acids is 2. The van der Waals surface area contributed by atoms with E-state index in [1.54, 1.807) is 0 Å². The summed E-state index contributed by atoms with van der Waals surface area (Å²) in [5.41, 5.74) is 11.6. The van der Waals surface area contributed by atoms with E-state index >= 15 is 0 Å². The average molecular weight is 399 g/mol. The van der Waals surface area contributed by atoms with Crippen LogP contribution in [0.5, 0.6) is 5.75 Å². The lowest BCUT2D eigenvalue weighted by Gasteiger charge is -2.21. The molecule has 0 bridgehead atoms. The summed E-state index contributed by atoms with van der Waals surface area (Å²) in [7, 11) is 0. The van der Waals surface area contributed by atoms with E-state index in [0.717, 1.165) is 41.1 Å². The SMILES string of the molecule is Cc1nc(NC(=O)N2CCC[C@H]2C(N)=O)sc1-c1ccc2c(c1)C1(CC1)NO2. The number of anilines is 1. The van der Waals surface area contributed by atoms with Crippen molar-refractivity contribution in [1.82, 2.24) is 15.4 Å². The van der Waals surface area contributed by atoms with Gasteiger partial charge in [-0.05, 0) is 56.4 Å². The monoisotopic (exact) mass is 399 g/mol.